The largest absolute Gasteiger partial charge is 0.342 e. The van der Waals surface area contributed by atoms with Crippen LogP contribution in [0.5, 0.6) is 0 Å². The van der Waals surface area contributed by atoms with Crippen molar-refractivity contribution in [2.45, 2.75) is 19.3 Å². The maximum absolute atomic E-state index is 11.9. The number of hydrogen-bond donors (Lipinski definition) is 1. The van der Waals surface area contributed by atoms with Crippen LogP contribution >= 0.6 is 0 Å². The van der Waals surface area contributed by atoms with E-state index in [0.717, 1.165) is 39.0 Å². The molecule has 0 aromatic heterocycles. The number of nitrogens with zero attached hydrogens (tertiary/aromatic N) is 1. The number of carbonyl (C=O) groups is 1. The Morgan fingerprint density at radius 1 is 1.18 bits per heavy atom. The van der Waals surface area contributed by atoms with Crippen LogP contribution in [-0.2, 0) is 11.2 Å². The van der Waals surface area contributed by atoms with Crippen LogP contribution in [0.1, 0.15) is 18.4 Å². The van der Waals surface area contributed by atoms with E-state index in [4.69, 9.17) is 0 Å². The highest BCUT2D eigenvalue weighted by Crippen LogP contribution is 2.04. The molecule has 1 amide bonds. The molecule has 0 atom stereocenters. The Labute approximate surface area is 103 Å². The van der Waals surface area contributed by atoms with E-state index in [1.165, 1.54) is 5.56 Å². The lowest BCUT2D eigenvalue weighted by Crippen LogP contribution is -2.39. The zero-order chi connectivity index (χ0) is 11.9. The Hall–Kier alpha value is -1.35. The molecule has 1 fully saturated rings. The molecule has 17 heavy (non-hydrogen) atoms. The van der Waals surface area contributed by atoms with Gasteiger partial charge in [0.05, 0.1) is 0 Å². The molecule has 0 radical (unpaired) electrons. The van der Waals surface area contributed by atoms with Gasteiger partial charge in [-0.25, -0.2) is 0 Å². The van der Waals surface area contributed by atoms with Crippen LogP contribution in [0.4, 0.5) is 0 Å². The molecule has 0 saturated carbocycles. The fourth-order valence-corrected chi connectivity index (χ4v) is 2.14. The molecule has 0 bridgehead atoms. The summed E-state index contributed by atoms with van der Waals surface area (Å²) in [5.41, 5.74) is 1.31. The highest BCUT2D eigenvalue weighted by molar-refractivity contribution is 5.76. The second-order valence-electron chi connectivity index (χ2n) is 4.47. The third-order valence-electron chi connectivity index (χ3n) is 3.16. The number of amides is 1. The molecule has 1 saturated heterocycles. The van der Waals surface area contributed by atoms with Gasteiger partial charge < -0.3 is 10.2 Å². The van der Waals surface area contributed by atoms with Gasteiger partial charge in [-0.15, -0.1) is 0 Å². The first-order chi connectivity index (χ1) is 8.36. The topological polar surface area (TPSA) is 32.3 Å². The lowest BCUT2D eigenvalue weighted by Gasteiger charge is -2.25. The van der Waals surface area contributed by atoms with Crippen molar-refractivity contribution < 1.29 is 4.79 Å². The molecule has 1 aromatic carbocycles. The van der Waals surface area contributed by atoms with E-state index < -0.39 is 0 Å². The maximum atomic E-state index is 11.9. The van der Waals surface area contributed by atoms with E-state index >= 15 is 0 Å². The Morgan fingerprint density at radius 3 is 2.82 bits per heavy atom. The normalized spacial score (nSPS) is 17.6. The molecule has 92 valence electrons. The summed E-state index contributed by atoms with van der Waals surface area (Å²) in [6.07, 6.45) is 2.65. The Morgan fingerprint density at radius 2 is 2.00 bits per heavy atom. The van der Waals surface area contributed by atoms with Gasteiger partial charge in [0, 0.05) is 26.1 Å². The van der Waals surface area contributed by atoms with Crippen molar-refractivity contribution >= 4 is 5.91 Å². The second kappa shape index (κ2) is 6.40. The third kappa shape index (κ3) is 3.86. The van der Waals surface area contributed by atoms with E-state index in [1.807, 2.05) is 11.0 Å². The number of hydrogen-bond acceptors (Lipinski definition) is 2. The SMILES string of the molecule is O=C1CCNCCCN1CCc1ccccc1. The molecule has 1 N–H and O–H groups in total. The Kier molecular flexibility index (Phi) is 4.56. The molecule has 1 heterocycles. The first kappa shape index (κ1) is 12.1. The molecule has 0 unspecified atom stereocenters. The van der Waals surface area contributed by atoms with E-state index in [0.29, 0.717) is 6.42 Å². The first-order valence-corrected chi connectivity index (χ1v) is 6.39. The van der Waals surface area contributed by atoms with Crippen LogP contribution < -0.4 is 5.32 Å². The summed E-state index contributed by atoms with van der Waals surface area (Å²) >= 11 is 0. The van der Waals surface area contributed by atoms with Gasteiger partial charge in [0.25, 0.3) is 0 Å². The number of carbonyl (C=O) groups excluding carboxylic acids is 1. The van der Waals surface area contributed by atoms with Gasteiger partial charge in [0.1, 0.15) is 0 Å². The number of rotatable bonds is 3. The standard InChI is InChI=1S/C14H20N2O/c17-14-7-10-15-9-4-11-16(14)12-8-13-5-2-1-3-6-13/h1-3,5-6,15H,4,7-12H2. The van der Waals surface area contributed by atoms with Crippen LogP contribution in [0.3, 0.4) is 0 Å². The first-order valence-electron chi connectivity index (χ1n) is 6.39. The van der Waals surface area contributed by atoms with Crippen molar-refractivity contribution in [3.05, 3.63) is 35.9 Å². The van der Waals surface area contributed by atoms with Crippen molar-refractivity contribution in [2.75, 3.05) is 26.2 Å². The van der Waals surface area contributed by atoms with Crippen molar-refractivity contribution in [1.82, 2.24) is 10.2 Å². The van der Waals surface area contributed by atoms with E-state index in [9.17, 15) is 4.79 Å². The van der Waals surface area contributed by atoms with Crippen LogP contribution in [0.15, 0.2) is 30.3 Å². The zero-order valence-electron chi connectivity index (χ0n) is 10.2. The van der Waals surface area contributed by atoms with Crippen LogP contribution in [0, 0.1) is 0 Å². The van der Waals surface area contributed by atoms with Crippen molar-refractivity contribution in [1.29, 1.82) is 0 Å². The monoisotopic (exact) mass is 232 g/mol. The minimum absolute atomic E-state index is 0.285. The molecule has 1 aromatic rings. The molecule has 0 aliphatic carbocycles. The minimum atomic E-state index is 0.285. The van der Waals surface area contributed by atoms with Gasteiger partial charge in [-0.1, -0.05) is 30.3 Å². The molecular formula is C14H20N2O. The fraction of sp³-hybridized carbons (Fsp3) is 0.500. The van der Waals surface area contributed by atoms with Gasteiger partial charge >= 0.3 is 0 Å². The molecule has 2 rings (SSSR count). The predicted octanol–water partition coefficient (Wildman–Crippen LogP) is 1.44. The lowest BCUT2D eigenvalue weighted by molar-refractivity contribution is -0.131. The quantitative estimate of drug-likeness (QED) is 0.855. The van der Waals surface area contributed by atoms with Gasteiger partial charge in [0.15, 0.2) is 0 Å². The molecule has 1 aliphatic heterocycles. The predicted molar refractivity (Wildman–Crippen MR) is 68.8 cm³/mol. The number of nitrogens with one attached hydrogen (secondary N) is 1. The summed E-state index contributed by atoms with van der Waals surface area (Å²) < 4.78 is 0. The van der Waals surface area contributed by atoms with Crippen molar-refractivity contribution in [3.8, 4) is 0 Å². The molecule has 3 nitrogen and oxygen atoms in total. The van der Waals surface area contributed by atoms with E-state index in [1.54, 1.807) is 0 Å². The smallest absolute Gasteiger partial charge is 0.223 e. The average Bonchev–Trinajstić information content (AvgIpc) is 2.35. The van der Waals surface area contributed by atoms with Gasteiger partial charge in [0.2, 0.25) is 5.91 Å². The molecule has 3 heteroatoms. The highest BCUT2D eigenvalue weighted by Gasteiger charge is 2.14. The number of benzene rings is 1. The summed E-state index contributed by atoms with van der Waals surface area (Å²) in [5.74, 6) is 0.285. The van der Waals surface area contributed by atoms with E-state index in [2.05, 4.69) is 29.6 Å². The van der Waals surface area contributed by atoms with Crippen molar-refractivity contribution in [2.24, 2.45) is 0 Å². The molecular weight excluding hydrogens is 212 g/mol. The average molecular weight is 232 g/mol. The molecule has 0 spiro atoms. The van der Waals surface area contributed by atoms with Gasteiger partial charge in [-0.3, -0.25) is 4.79 Å². The zero-order valence-corrected chi connectivity index (χ0v) is 10.2. The minimum Gasteiger partial charge on any atom is -0.342 e. The summed E-state index contributed by atoms with van der Waals surface area (Å²) in [5, 5.41) is 3.26. The van der Waals surface area contributed by atoms with Gasteiger partial charge in [-0.05, 0) is 24.9 Å². The Balaban J connectivity index is 1.85. The molecule has 1 aliphatic rings. The highest BCUT2D eigenvalue weighted by atomic mass is 16.2. The third-order valence-corrected chi connectivity index (χ3v) is 3.16. The lowest BCUT2D eigenvalue weighted by atomic mass is 10.1. The van der Waals surface area contributed by atoms with Crippen LogP contribution in [0.2, 0.25) is 0 Å². The van der Waals surface area contributed by atoms with Crippen LogP contribution in [0.25, 0.3) is 0 Å². The fourth-order valence-electron chi connectivity index (χ4n) is 2.14. The summed E-state index contributed by atoms with van der Waals surface area (Å²) in [7, 11) is 0. The second-order valence-corrected chi connectivity index (χ2v) is 4.47. The summed E-state index contributed by atoms with van der Waals surface area (Å²) in [6, 6.07) is 10.4. The van der Waals surface area contributed by atoms with Gasteiger partial charge in [-0.2, -0.15) is 0 Å². The maximum Gasteiger partial charge on any atom is 0.223 e. The summed E-state index contributed by atoms with van der Waals surface area (Å²) in [6.45, 7) is 3.58. The Bertz CT molecular complexity index is 350. The van der Waals surface area contributed by atoms with Crippen molar-refractivity contribution in [3.63, 3.8) is 0 Å². The van der Waals surface area contributed by atoms with Crippen LogP contribution in [-0.4, -0.2) is 37.0 Å². The summed E-state index contributed by atoms with van der Waals surface area (Å²) in [4.78, 5) is 13.9. The van der Waals surface area contributed by atoms with E-state index in [-0.39, 0.29) is 5.91 Å².